The number of nitrogens with one attached hydrogen (secondary N) is 3. The van der Waals surface area contributed by atoms with E-state index in [2.05, 4.69) is 15.6 Å². The van der Waals surface area contributed by atoms with Crippen LogP contribution in [0.15, 0.2) is 77.7 Å². The molecule has 0 aromatic heterocycles. The number of fused-ring (bicyclic) bond motifs is 1. The van der Waals surface area contributed by atoms with Crippen molar-refractivity contribution in [2.45, 2.75) is 23.4 Å². The van der Waals surface area contributed by atoms with E-state index in [0.717, 1.165) is 11.1 Å². The summed E-state index contributed by atoms with van der Waals surface area (Å²) >= 11 is 0. The molecular weight excluding hydrogens is 442 g/mol. The van der Waals surface area contributed by atoms with Gasteiger partial charge in [0, 0.05) is 17.7 Å². The first-order chi connectivity index (χ1) is 15.9. The quantitative estimate of drug-likeness (QED) is 0.440. The minimum atomic E-state index is -3.74. The van der Waals surface area contributed by atoms with Crippen LogP contribution in [0.4, 0.5) is 0 Å². The molecule has 0 bridgehead atoms. The third kappa shape index (κ3) is 5.00. The molecule has 1 aliphatic carbocycles. The fraction of sp³-hybridized carbons (Fsp3) is 0.208. The predicted octanol–water partition coefficient (Wildman–Crippen LogP) is 2.58. The van der Waals surface area contributed by atoms with Gasteiger partial charge in [-0.05, 0) is 41.8 Å². The van der Waals surface area contributed by atoms with Gasteiger partial charge in [-0.25, -0.2) is 18.6 Å². The monoisotopic (exact) mass is 467 g/mol. The van der Waals surface area contributed by atoms with Gasteiger partial charge in [0.1, 0.15) is 11.5 Å². The van der Waals surface area contributed by atoms with Crippen LogP contribution in [0.1, 0.15) is 27.5 Å². The van der Waals surface area contributed by atoms with E-state index in [1.165, 1.54) is 14.2 Å². The van der Waals surface area contributed by atoms with Crippen LogP contribution in [0.2, 0.25) is 0 Å². The fourth-order valence-electron chi connectivity index (χ4n) is 3.90. The van der Waals surface area contributed by atoms with Crippen molar-refractivity contribution >= 4 is 15.9 Å². The number of ether oxygens (including phenoxy) is 2. The third-order valence-corrected chi connectivity index (χ3v) is 7.05. The lowest BCUT2D eigenvalue weighted by atomic mass is 10.1. The van der Waals surface area contributed by atoms with Crippen LogP contribution >= 0.6 is 0 Å². The molecule has 8 nitrogen and oxygen atoms in total. The summed E-state index contributed by atoms with van der Waals surface area (Å²) < 4.78 is 39.1. The fourth-order valence-corrected chi connectivity index (χ4v) is 5.17. The van der Waals surface area contributed by atoms with Crippen molar-refractivity contribution in [3.63, 3.8) is 0 Å². The van der Waals surface area contributed by atoms with E-state index in [1.54, 1.807) is 48.5 Å². The van der Waals surface area contributed by atoms with Crippen LogP contribution in [0, 0.1) is 0 Å². The maximum atomic E-state index is 12.9. The minimum absolute atomic E-state index is 0.187. The van der Waals surface area contributed by atoms with Gasteiger partial charge >= 0.3 is 0 Å². The molecule has 0 fully saturated rings. The summed E-state index contributed by atoms with van der Waals surface area (Å²) in [5.74, 6) is 0.569. The van der Waals surface area contributed by atoms with Gasteiger partial charge in [-0.1, -0.05) is 42.5 Å². The van der Waals surface area contributed by atoms with Crippen LogP contribution in [-0.4, -0.2) is 34.6 Å². The molecule has 2 atom stereocenters. The first kappa shape index (κ1) is 22.8. The number of rotatable bonds is 8. The van der Waals surface area contributed by atoms with Crippen molar-refractivity contribution in [3.8, 4) is 11.5 Å². The lowest BCUT2D eigenvalue weighted by Gasteiger charge is -2.23. The van der Waals surface area contributed by atoms with E-state index in [0.29, 0.717) is 23.5 Å². The minimum Gasteiger partial charge on any atom is -0.497 e. The van der Waals surface area contributed by atoms with Crippen LogP contribution < -0.4 is 25.0 Å². The number of hydrogen-bond donors (Lipinski definition) is 3. The number of carbonyl (C=O) groups excluding carboxylic acids is 1. The van der Waals surface area contributed by atoms with Gasteiger partial charge in [0.25, 0.3) is 5.91 Å². The second-order valence-electron chi connectivity index (χ2n) is 7.62. The lowest BCUT2D eigenvalue weighted by Crippen LogP contribution is -2.48. The van der Waals surface area contributed by atoms with Crippen molar-refractivity contribution < 1.29 is 22.7 Å². The Labute approximate surface area is 192 Å². The molecule has 1 aliphatic rings. The number of methoxy groups -OCH3 is 2. The molecule has 172 valence electrons. The molecule has 0 heterocycles. The maximum absolute atomic E-state index is 12.9. The summed E-state index contributed by atoms with van der Waals surface area (Å²) in [6.45, 7) is 0. The van der Waals surface area contributed by atoms with Crippen molar-refractivity contribution in [2.75, 3.05) is 14.2 Å². The largest absolute Gasteiger partial charge is 0.497 e. The van der Waals surface area contributed by atoms with E-state index in [9.17, 15) is 13.2 Å². The molecule has 1 amide bonds. The van der Waals surface area contributed by atoms with Gasteiger partial charge < -0.3 is 9.47 Å². The first-order valence-electron chi connectivity index (χ1n) is 10.4. The van der Waals surface area contributed by atoms with Gasteiger partial charge in [0.2, 0.25) is 10.0 Å². The summed E-state index contributed by atoms with van der Waals surface area (Å²) in [5.41, 5.74) is 8.00. The van der Waals surface area contributed by atoms with Gasteiger partial charge in [-0.3, -0.25) is 10.2 Å². The topological polar surface area (TPSA) is 106 Å². The Balaban J connectivity index is 1.54. The highest BCUT2D eigenvalue weighted by molar-refractivity contribution is 7.89. The Morgan fingerprint density at radius 3 is 2.21 bits per heavy atom. The maximum Gasteiger partial charge on any atom is 0.265 e. The molecule has 0 unspecified atom stereocenters. The number of hydrazine groups is 1. The van der Waals surface area contributed by atoms with Crippen molar-refractivity contribution in [1.82, 2.24) is 15.6 Å². The molecule has 0 aliphatic heterocycles. The molecule has 3 aromatic carbocycles. The van der Waals surface area contributed by atoms with Crippen LogP contribution in [0.25, 0.3) is 0 Å². The Bertz CT molecular complexity index is 1230. The molecule has 0 spiro atoms. The normalized spacial score (nSPS) is 17.3. The summed E-state index contributed by atoms with van der Waals surface area (Å²) in [6, 6.07) is 19.8. The average molecular weight is 468 g/mol. The number of carbonyl (C=O) groups is 1. The second kappa shape index (κ2) is 9.62. The number of amides is 1. The highest BCUT2D eigenvalue weighted by atomic mass is 32.2. The molecule has 0 saturated carbocycles. The Morgan fingerprint density at radius 1 is 0.909 bits per heavy atom. The SMILES string of the molecule is COc1cc(OC)cc(C(=O)NN[C@H]2c3ccccc3C[C@@H]2NS(=O)(=O)c2ccccc2)c1. The molecule has 0 saturated heterocycles. The second-order valence-corrected chi connectivity index (χ2v) is 9.34. The highest BCUT2D eigenvalue weighted by Crippen LogP contribution is 2.32. The molecular formula is C24H25N3O5S. The zero-order chi connectivity index (χ0) is 23.4. The average Bonchev–Trinajstić information content (AvgIpc) is 3.18. The van der Waals surface area contributed by atoms with E-state index >= 15 is 0 Å². The summed E-state index contributed by atoms with van der Waals surface area (Å²) in [7, 11) is -0.724. The summed E-state index contributed by atoms with van der Waals surface area (Å²) in [6.07, 6.45) is 0.489. The third-order valence-electron chi connectivity index (χ3n) is 5.55. The van der Waals surface area contributed by atoms with Gasteiger partial charge in [-0.15, -0.1) is 0 Å². The Hall–Kier alpha value is -3.40. The van der Waals surface area contributed by atoms with Crippen molar-refractivity contribution in [1.29, 1.82) is 0 Å². The molecule has 4 rings (SSSR count). The first-order valence-corrected chi connectivity index (χ1v) is 11.8. The van der Waals surface area contributed by atoms with Crippen LogP contribution in [0.5, 0.6) is 11.5 Å². The van der Waals surface area contributed by atoms with Gasteiger partial charge in [0.15, 0.2) is 0 Å². The zero-order valence-electron chi connectivity index (χ0n) is 18.2. The Kier molecular flexibility index (Phi) is 6.64. The zero-order valence-corrected chi connectivity index (χ0v) is 19.1. The van der Waals surface area contributed by atoms with E-state index in [1.807, 2.05) is 24.3 Å². The standard InChI is InChI=1S/C24H25N3O5S/c1-31-18-12-17(13-19(15-18)32-2)24(28)26-25-23-21-11-7-6-8-16(21)14-22(23)27-33(29,30)20-9-4-3-5-10-20/h3-13,15,22-23,25,27H,14H2,1-2H3,(H,26,28)/t22-,23-/m0/s1. The number of benzene rings is 3. The van der Waals surface area contributed by atoms with E-state index in [-0.39, 0.29) is 4.90 Å². The predicted molar refractivity (Wildman–Crippen MR) is 124 cm³/mol. The molecule has 33 heavy (non-hydrogen) atoms. The molecule has 3 N–H and O–H groups in total. The summed E-state index contributed by atoms with van der Waals surface area (Å²) in [4.78, 5) is 13.0. The van der Waals surface area contributed by atoms with E-state index in [4.69, 9.17) is 9.47 Å². The van der Waals surface area contributed by atoms with Crippen molar-refractivity contribution in [2.24, 2.45) is 0 Å². The highest BCUT2D eigenvalue weighted by Gasteiger charge is 2.35. The molecule has 0 radical (unpaired) electrons. The summed E-state index contributed by atoms with van der Waals surface area (Å²) in [5, 5.41) is 0. The molecule has 9 heteroatoms. The van der Waals surface area contributed by atoms with Gasteiger partial charge in [-0.2, -0.15) is 0 Å². The number of hydrogen-bond acceptors (Lipinski definition) is 6. The smallest absolute Gasteiger partial charge is 0.265 e. The molecule has 3 aromatic rings. The Morgan fingerprint density at radius 2 is 1.55 bits per heavy atom. The van der Waals surface area contributed by atoms with Crippen LogP contribution in [-0.2, 0) is 16.4 Å². The van der Waals surface area contributed by atoms with E-state index < -0.39 is 28.0 Å². The lowest BCUT2D eigenvalue weighted by molar-refractivity contribution is 0.0922. The van der Waals surface area contributed by atoms with Gasteiger partial charge in [0.05, 0.1) is 25.2 Å². The van der Waals surface area contributed by atoms with Crippen molar-refractivity contribution in [3.05, 3.63) is 89.5 Å². The number of sulfonamides is 1. The van der Waals surface area contributed by atoms with Crippen LogP contribution in [0.3, 0.4) is 0 Å².